The fourth-order valence-electron chi connectivity index (χ4n) is 1.66. The molecule has 2 aromatic carbocycles. The maximum atomic E-state index is 11.2. The highest BCUT2D eigenvalue weighted by molar-refractivity contribution is 7.86. The van der Waals surface area contributed by atoms with Crippen LogP contribution in [-0.4, -0.2) is 13.0 Å². The van der Waals surface area contributed by atoms with E-state index >= 15 is 0 Å². The van der Waals surface area contributed by atoms with Gasteiger partial charge in [-0.2, -0.15) is 13.5 Å². The van der Waals surface area contributed by atoms with Gasteiger partial charge in [0.1, 0.15) is 10.6 Å². The van der Waals surface area contributed by atoms with E-state index in [4.69, 9.17) is 15.8 Å². The highest BCUT2D eigenvalue weighted by atomic mass is 32.2. The number of nitrogens with one attached hydrogen (secondary N) is 1. The number of benzene rings is 2. The van der Waals surface area contributed by atoms with Crippen LogP contribution in [0, 0.1) is 5.53 Å². The number of hydrogen-bond acceptors (Lipinski definition) is 5. The molecular weight excluding hydrogens is 242 g/mol. The minimum atomic E-state index is -4.38. The molecule has 0 heterocycles. The van der Waals surface area contributed by atoms with Crippen molar-refractivity contribution in [2.75, 3.05) is 5.73 Å². The molecule has 0 aliphatic heterocycles. The lowest BCUT2D eigenvalue weighted by Gasteiger charge is -2.08. The second-order valence-electron chi connectivity index (χ2n) is 3.44. The van der Waals surface area contributed by atoms with Crippen molar-refractivity contribution in [2.45, 2.75) is 4.90 Å². The molecule has 0 fully saturated rings. The summed E-state index contributed by atoms with van der Waals surface area (Å²) in [5.74, 6) is 0. The summed E-state index contributed by atoms with van der Waals surface area (Å²) in [7, 11) is -4.38. The lowest BCUT2D eigenvalue weighted by molar-refractivity contribution is 0.484. The molecule has 0 saturated carbocycles. The fourth-order valence-corrected chi connectivity index (χ4v) is 2.37. The number of nitrogens with two attached hydrogens (primary N) is 1. The molecule has 0 unspecified atom stereocenters. The Morgan fingerprint density at radius 2 is 1.82 bits per heavy atom. The standard InChI is InChI=1S/C10H9N3O3S/c11-10-7-4-2-1-3-6(7)9(17(14,15)16)5-8(10)13-12/h1-5,12H,11H2,(H,14,15,16). The second-order valence-corrected chi connectivity index (χ2v) is 4.83. The summed E-state index contributed by atoms with van der Waals surface area (Å²) in [4.78, 5) is -0.298. The van der Waals surface area contributed by atoms with E-state index in [0.717, 1.165) is 6.07 Å². The van der Waals surface area contributed by atoms with E-state index in [0.29, 0.717) is 10.8 Å². The van der Waals surface area contributed by atoms with Crippen LogP contribution in [0.2, 0.25) is 0 Å². The van der Waals surface area contributed by atoms with Crippen LogP contribution in [0.5, 0.6) is 0 Å². The lowest BCUT2D eigenvalue weighted by atomic mass is 10.1. The van der Waals surface area contributed by atoms with Gasteiger partial charge in [-0.25, -0.2) is 5.53 Å². The summed E-state index contributed by atoms with van der Waals surface area (Å²) in [5.41, 5.74) is 12.9. The molecule has 17 heavy (non-hydrogen) atoms. The van der Waals surface area contributed by atoms with Gasteiger partial charge in [-0.15, -0.1) is 0 Å². The maximum absolute atomic E-state index is 11.2. The van der Waals surface area contributed by atoms with Crippen molar-refractivity contribution < 1.29 is 13.0 Å². The zero-order valence-electron chi connectivity index (χ0n) is 8.58. The molecule has 2 rings (SSSR count). The first-order chi connectivity index (χ1) is 7.95. The van der Waals surface area contributed by atoms with E-state index in [1.807, 2.05) is 0 Å². The molecule has 4 N–H and O–H groups in total. The van der Waals surface area contributed by atoms with E-state index in [1.165, 1.54) is 6.07 Å². The van der Waals surface area contributed by atoms with Crippen molar-refractivity contribution in [3.8, 4) is 0 Å². The first kappa shape index (κ1) is 11.5. The minimum Gasteiger partial charge on any atom is -0.396 e. The van der Waals surface area contributed by atoms with Crippen molar-refractivity contribution in [2.24, 2.45) is 5.11 Å². The average molecular weight is 251 g/mol. The monoisotopic (exact) mass is 251 g/mol. The molecule has 0 spiro atoms. The minimum absolute atomic E-state index is 0.0105. The summed E-state index contributed by atoms with van der Waals surface area (Å²) >= 11 is 0. The topological polar surface area (TPSA) is 117 Å². The number of rotatable bonds is 2. The Labute approximate surface area is 97.3 Å². The highest BCUT2D eigenvalue weighted by Crippen LogP contribution is 2.35. The Hall–Kier alpha value is -1.99. The van der Waals surface area contributed by atoms with Crippen LogP contribution in [0.1, 0.15) is 0 Å². The quantitative estimate of drug-likeness (QED) is 0.431. The molecule has 0 atom stereocenters. The molecular formula is C10H9N3O3S. The van der Waals surface area contributed by atoms with E-state index in [-0.39, 0.29) is 16.3 Å². The van der Waals surface area contributed by atoms with Crippen LogP contribution in [0.15, 0.2) is 40.3 Å². The summed E-state index contributed by atoms with van der Waals surface area (Å²) < 4.78 is 31.6. The van der Waals surface area contributed by atoms with E-state index in [1.54, 1.807) is 18.2 Å². The fraction of sp³-hybridized carbons (Fsp3) is 0. The van der Waals surface area contributed by atoms with Gasteiger partial charge in [-0.05, 0) is 6.07 Å². The summed E-state index contributed by atoms with van der Waals surface area (Å²) in [6.45, 7) is 0. The number of anilines is 1. The van der Waals surface area contributed by atoms with Crippen molar-refractivity contribution in [1.29, 1.82) is 5.53 Å². The molecule has 6 nitrogen and oxygen atoms in total. The highest BCUT2D eigenvalue weighted by Gasteiger charge is 2.17. The van der Waals surface area contributed by atoms with Crippen LogP contribution < -0.4 is 5.73 Å². The Kier molecular flexibility index (Phi) is 2.56. The van der Waals surface area contributed by atoms with Gasteiger partial charge in [0.25, 0.3) is 10.1 Å². The molecule has 0 aliphatic rings. The van der Waals surface area contributed by atoms with Crippen LogP contribution in [0.25, 0.3) is 10.8 Å². The summed E-state index contributed by atoms with van der Waals surface area (Å²) in [6.07, 6.45) is 0. The van der Waals surface area contributed by atoms with E-state index in [9.17, 15) is 8.42 Å². The second kappa shape index (κ2) is 3.79. The number of nitrogen functional groups attached to an aromatic ring is 1. The largest absolute Gasteiger partial charge is 0.396 e. The van der Waals surface area contributed by atoms with Gasteiger partial charge >= 0.3 is 0 Å². The van der Waals surface area contributed by atoms with Gasteiger partial charge < -0.3 is 5.73 Å². The zero-order chi connectivity index (χ0) is 12.6. The van der Waals surface area contributed by atoms with Gasteiger partial charge in [-0.1, -0.05) is 24.3 Å². The van der Waals surface area contributed by atoms with E-state index in [2.05, 4.69) is 5.11 Å². The Morgan fingerprint density at radius 3 is 2.35 bits per heavy atom. The third kappa shape index (κ3) is 1.85. The summed E-state index contributed by atoms with van der Waals surface area (Å²) in [6, 6.07) is 7.53. The predicted octanol–water partition coefficient (Wildman–Crippen LogP) is 2.33. The van der Waals surface area contributed by atoms with Crippen molar-refractivity contribution in [3.63, 3.8) is 0 Å². The van der Waals surface area contributed by atoms with Gasteiger partial charge in [0.2, 0.25) is 0 Å². The molecule has 0 radical (unpaired) electrons. The van der Waals surface area contributed by atoms with Crippen molar-refractivity contribution in [1.82, 2.24) is 0 Å². The van der Waals surface area contributed by atoms with Crippen molar-refractivity contribution >= 4 is 32.3 Å². The first-order valence-electron chi connectivity index (χ1n) is 4.61. The Balaban J connectivity index is 3.04. The molecule has 88 valence electrons. The molecule has 0 aromatic heterocycles. The van der Waals surface area contributed by atoms with Gasteiger partial charge in [0.05, 0.1) is 5.69 Å². The molecule has 2 aromatic rings. The van der Waals surface area contributed by atoms with Gasteiger partial charge in [0, 0.05) is 10.8 Å². The normalized spacial score (nSPS) is 11.6. The van der Waals surface area contributed by atoms with Crippen LogP contribution in [0.3, 0.4) is 0 Å². The van der Waals surface area contributed by atoms with E-state index < -0.39 is 10.1 Å². The van der Waals surface area contributed by atoms with Crippen LogP contribution in [-0.2, 0) is 10.1 Å². The van der Waals surface area contributed by atoms with Crippen LogP contribution in [0.4, 0.5) is 11.4 Å². The number of hydrogen-bond donors (Lipinski definition) is 3. The number of nitrogens with zero attached hydrogens (tertiary/aromatic N) is 1. The molecule has 0 bridgehead atoms. The Bertz CT molecular complexity index is 710. The third-order valence-corrected chi connectivity index (χ3v) is 3.32. The molecule has 7 heteroatoms. The third-order valence-electron chi connectivity index (χ3n) is 2.42. The molecule has 0 saturated heterocycles. The average Bonchev–Trinajstić information content (AvgIpc) is 2.28. The van der Waals surface area contributed by atoms with Crippen LogP contribution >= 0.6 is 0 Å². The number of fused-ring (bicyclic) bond motifs is 1. The smallest absolute Gasteiger partial charge is 0.295 e. The zero-order valence-corrected chi connectivity index (χ0v) is 9.40. The maximum Gasteiger partial charge on any atom is 0.295 e. The predicted molar refractivity (Wildman–Crippen MR) is 63.0 cm³/mol. The van der Waals surface area contributed by atoms with Gasteiger partial charge in [-0.3, -0.25) is 4.55 Å². The molecule has 0 amide bonds. The summed E-state index contributed by atoms with van der Waals surface area (Å²) in [5, 5.41) is 3.89. The van der Waals surface area contributed by atoms with Gasteiger partial charge in [0.15, 0.2) is 0 Å². The Morgan fingerprint density at radius 1 is 1.24 bits per heavy atom. The molecule has 0 aliphatic carbocycles. The van der Waals surface area contributed by atoms with Crippen molar-refractivity contribution in [3.05, 3.63) is 30.3 Å². The first-order valence-corrected chi connectivity index (χ1v) is 6.05. The lowest BCUT2D eigenvalue weighted by Crippen LogP contribution is -2.00. The SMILES string of the molecule is N=Nc1cc(S(=O)(=O)O)c2ccccc2c1N.